The van der Waals surface area contributed by atoms with Crippen LogP contribution in [0.1, 0.15) is 13.8 Å². The Morgan fingerprint density at radius 1 is 0.608 bits per heavy atom. The van der Waals surface area contributed by atoms with Crippen LogP contribution in [0.15, 0.2) is 0 Å². The summed E-state index contributed by atoms with van der Waals surface area (Å²) in [5.74, 6) is -0.832. The number of ether oxygens (including phenoxy) is 7. The van der Waals surface area contributed by atoms with E-state index in [1.807, 2.05) is 0 Å². The van der Waals surface area contributed by atoms with Gasteiger partial charge in [-0.15, -0.1) is 0 Å². The Morgan fingerprint density at radius 3 is 1.69 bits per heavy atom. The largest absolute Gasteiger partial charge is 0.397 e. The molecular weight excluding hydrogens is 726 g/mol. The molecule has 4 aliphatic heterocycles. The number of hydrogen-bond donors (Lipinski definition) is 13. The molecule has 0 unspecified atom stereocenters. The molecule has 0 bridgehead atoms. The predicted molar refractivity (Wildman–Crippen MR) is 154 cm³/mol. The second kappa shape index (κ2) is 17.4. The van der Waals surface area contributed by atoms with Crippen molar-refractivity contribution in [2.75, 3.05) is 19.8 Å². The fourth-order valence-corrected chi connectivity index (χ4v) is 6.63. The first kappa shape index (κ1) is 42.4. The van der Waals surface area contributed by atoms with Crippen molar-refractivity contribution in [3.05, 3.63) is 0 Å². The highest BCUT2D eigenvalue weighted by molar-refractivity contribution is 7.80. The van der Waals surface area contributed by atoms with Gasteiger partial charge in [0.1, 0.15) is 91.5 Å². The lowest BCUT2D eigenvalue weighted by molar-refractivity contribution is -0.384. The molecule has 298 valence electrons. The molecule has 1 amide bonds. The van der Waals surface area contributed by atoms with Crippen LogP contribution in [-0.2, 0) is 52.5 Å². The first-order chi connectivity index (χ1) is 23.8. The number of nitrogens with one attached hydrogen (secondary N) is 1. The van der Waals surface area contributed by atoms with Gasteiger partial charge in [-0.1, -0.05) is 0 Å². The van der Waals surface area contributed by atoms with Crippen LogP contribution in [0.3, 0.4) is 0 Å². The van der Waals surface area contributed by atoms with Gasteiger partial charge in [-0.25, -0.2) is 4.18 Å². The zero-order chi connectivity index (χ0) is 38.1. The minimum Gasteiger partial charge on any atom is -0.394 e. The molecule has 4 saturated heterocycles. The second-order valence-electron chi connectivity index (χ2n) is 12.4. The van der Waals surface area contributed by atoms with E-state index in [9.17, 15) is 73.9 Å². The molecule has 0 saturated carbocycles. The molecular formula is C26H45NO23S. The summed E-state index contributed by atoms with van der Waals surface area (Å²) in [5.41, 5.74) is 0. The molecule has 24 nitrogen and oxygen atoms in total. The van der Waals surface area contributed by atoms with Gasteiger partial charge in [-0.3, -0.25) is 9.35 Å². The molecule has 0 aromatic rings. The maximum atomic E-state index is 12.5. The second-order valence-corrected chi connectivity index (χ2v) is 13.4. The highest BCUT2D eigenvalue weighted by atomic mass is 32.3. The minimum absolute atomic E-state index is 0.832. The molecule has 0 spiro atoms. The number of aliphatic hydroxyl groups excluding tert-OH is 11. The lowest BCUT2D eigenvalue weighted by atomic mass is 9.93. The van der Waals surface area contributed by atoms with Crippen molar-refractivity contribution >= 4 is 16.3 Å². The van der Waals surface area contributed by atoms with Crippen LogP contribution >= 0.6 is 0 Å². The summed E-state index contributed by atoms with van der Waals surface area (Å²) < 4.78 is 76.0. The summed E-state index contributed by atoms with van der Waals surface area (Å²) in [6.45, 7) is -0.599. The number of aliphatic hydroxyl groups is 11. The lowest BCUT2D eigenvalue weighted by Gasteiger charge is -2.51. The molecule has 0 aromatic heterocycles. The topological polar surface area (TPSA) is 380 Å². The lowest BCUT2D eigenvalue weighted by Crippen LogP contribution is -2.71. The number of amides is 1. The summed E-state index contributed by atoms with van der Waals surface area (Å²) >= 11 is 0. The Bertz CT molecular complexity index is 1250. The molecule has 0 aromatic carbocycles. The third kappa shape index (κ3) is 9.47. The summed E-state index contributed by atoms with van der Waals surface area (Å²) in [6.07, 6.45) is -35.5. The van der Waals surface area contributed by atoms with Gasteiger partial charge in [0, 0.05) is 6.92 Å². The third-order valence-electron chi connectivity index (χ3n) is 8.77. The average molecular weight is 772 g/mol. The standard InChI is InChI=1S/C26H45NO23S/c1-6-12(32)15(35)16(36)25(43-6)48-20-11(27-7(2)31)24(49-21-13(33)8(3-28)44-23(39)17(21)37)46-10(5-30)19(20)47-26-18(38)22(50-51(40,41)42)14(34)9(4-29)45-26/h6,8-26,28-30,32-39H,3-5H2,1-2H3,(H,27,31)(H,40,41,42)/t6-,8+,9+,10+,11+,12+,13-,14-,15+,16-,17+,18+,19+,20+,21-,22-,23-,24-,25-,26-/m0/s1. The van der Waals surface area contributed by atoms with E-state index in [2.05, 4.69) is 9.50 Å². The first-order valence-electron chi connectivity index (χ1n) is 15.6. The number of carbonyl (C=O) groups is 1. The molecule has 4 fully saturated rings. The first-order valence-corrected chi connectivity index (χ1v) is 17.0. The Kier molecular flexibility index (Phi) is 14.4. The van der Waals surface area contributed by atoms with Crippen molar-refractivity contribution in [1.29, 1.82) is 0 Å². The number of carbonyl (C=O) groups excluding carboxylic acids is 1. The van der Waals surface area contributed by atoms with E-state index >= 15 is 0 Å². The van der Waals surface area contributed by atoms with E-state index in [1.54, 1.807) is 0 Å². The zero-order valence-electron chi connectivity index (χ0n) is 26.9. The van der Waals surface area contributed by atoms with Gasteiger partial charge in [0.15, 0.2) is 25.2 Å². The monoisotopic (exact) mass is 771 g/mol. The van der Waals surface area contributed by atoms with Crippen LogP contribution in [-0.4, -0.2) is 218 Å². The summed E-state index contributed by atoms with van der Waals surface area (Å²) in [5, 5.41) is 117. The van der Waals surface area contributed by atoms with E-state index in [0.717, 1.165) is 6.92 Å². The molecule has 25 heteroatoms. The maximum absolute atomic E-state index is 12.5. The SMILES string of the molecule is CC(=O)N[C@H]1[C@H](O[C@@H]2[C@@H](O)[C@@H](O)O[C@H](CO)[C@@H]2O)O[C@H](CO)[C@@H](O[C@@H]2O[C@H](CO)[C@H](O)[C@H](OS(=O)(=O)O)[C@H]2O)[C@@H]1O[C@@H]1O[C@@H](C)[C@@H](O)[C@@H](O)[C@@H]1O. The highest BCUT2D eigenvalue weighted by Gasteiger charge is 2.57. The van der Waals surface area contributed by atoms with Gasteiger partial charge in [-0.05, 0) is 6.92 Å². The molecule has 4 rings (SSSR count). The minimum atomic E-state index is -5.34. The van der Waals surface area contributed by atoms with Crippen molar-refractivity contribution in [1.82, 2.24) is 5.32 Å². The van der Waals surface area contributed by atoms with Crippen LogP contribution in [0.2, 0.25) is 0 Å². The predicted octanol–water partition coefficient (Wildman–Crippen LogP) is -8.75. The zero-order valence-corrected chi connectivity index (χ0v) is 27.8. The van der Waals surface area contributed by atoms with Gasteiger partial charge >= 0.3 is 10.4 Å². The van der Waals surface area contributed by atoms with E-state index in [4.69, 9.17) is 33.2 Å². The van der Waals surface area contributed by atoms with Gasteiger partial charge < -0.3 is 94.6 Å². The third-order valence-corrected chi connectivity index (χ3v) is 9.24. The van der Waals surface area contributed by atoms with Gasteiger partial charge in [0.05, 0.1) is 25.9 Å². The van der Waals surface area contributed by atoms with Gasteiger partial charge in [-0.2, -0.15) is 8.42 Å². The molecule has 4 heterocycles. The molecule has 0 aliphatic carbocycles. The number of rotatable bonds is 12. The number of hydrogen-bond acceptors (Lipinski definition) is 22. The van der Waals surface area contributed by atoms with Crippen molar-refractivity contribution in [3.8, 4) is 0 Å². The highest BCUT2D eigenvalue weighted by Crippen LogP contribution is 2.36. The van der Waals surface area contributed by atoms with Gasteiger partial charge in [0.2, 0.25) is 5.91 Å². The molecule has 0 radical (unpaired) electrons. The maximum Gasteiger partial charge on any atom is 0.397 e. The van der Waals surface area contributed by atoms with Crippen LogP contribution in [0.4, 0.5) is 0 Å². The Balaban J connectivity index is 1.76. The van der Waals surface area contributed by atoms with Crippen molar-refractivity contribution in [3.63, 3.8) is 0 Å². The smallest absolute Gasteiger partial charge is 0.394 e. The molecule has 20 atom stereocenters. The summed E-state index contributed by atoms with van der Waals surface area (Å²) in [7, 11) is -5.34. The Labute approximate surface area is 289 Å². The quantitative estimate of drug-likeness (QED) is 0.0819. The van der Waals surface area contributed by atoms with Crippen molar-refractivity contribution < 1.29 is 111 Å². The summed E-state index contributed by atoms with van der Waals surface area (Å²) in [4.78, 5) is 12.5. The molecule has 51 heavy (non-hydrogen) atoms. The van der Waals surface area contributed by atoms with E-state index in [-0.39, 0.29) is 0 Å². The van der Waals surface area contributed by atoms with Crippen molar-refractivity contribution in [2.45, 2.75) is 137 Å². The molecule has 13 N–H and O–H groups in total. The fourth-order valence-electron chi connectivity index (χ4n) is 6.12. The van der Waals surface area contributed by atoms with Crippen molar-refractivity contribution in [2.24, 2.45) is 0 Å². The van der Waals surface area contributed by atoms with Gasteiger partial charge in [0.25, 0.3) is 0 Å². The average Bonchev–Trinajstić information content (AvgIpc) is 3.06. The van der Waals surface area contributed by atoms with E-state index in [1.165, 1.54) is 6.92 Å². The van der Waals surface area contributed by atoms with Crippen LogP contribution in [0.25, 0.3) is 0 Å². The van der Waals surface area contributed by atoms with Crippen LogP contribution in [0.5, 0.6) is 0 Å². The van der Waals surface area contributed by atoms with Crippen LogP contribution in [0, 0.1) is 0 Å². The summed E-state index contributed by atoms with van der Waals surface area (Å²) in [6, 6.07) is -1.72. The normalized spacial score (nSPS) is 48.3. The molecule has 4 aliphatic rings. The van der Waals surface area contributed by atoms with E-state index < -0.39 is 159 Å². The fraction of sp³-hybridized carbons (Fsp3) is 0.962. The Hall–Kier alpha value is -1.38. The van der Waals surface area contributed by atoms with Crippen LogP contribution < -0.4 is 5.32 Å². The Morgan fingerprint density at radius 2 is 1.12 bits per heavy atom. The van der Waals surface area contributed by atoms with E-state index in [0.29, 0.717) is 0 Å².